The first-order valence-corrected chi connectivity index (χ1v) is 6.99. The molecule has 0 N–H and O–H groups in total. The Morgan fingerprint density at radius 1 is 1.19 bits per heavy atom. The summed E-state index contributed by atoms with van der Waals surface area (Å²) in [6.07, 6.45) is 0. The fourth-order valence-electron chi connectivity index (χ4n) is 2.37. The lowest BCUT2D eigenvalue weighted by Crippen LogP contribution is -2.02. The van der Waals surface area contributed by atoms with Crippen LogP contribution >= 0.6 is 11.6 Å². The monoisotopic (exact) mass is 306 g/mol. The topological polar surface area (TPSA) is 17.8 Å². The van der Waals surface area contributed by atoms with Gasteiger partial charge in [0, 0.05) is 6.07 Å². The number of hydrogen-bond donors (Lipinski definition) is 0. The maximum Gasteiger partial charge on any atom is 0.132 e. The zero-order valence-electron chi connectivity index (χ0n) is 11.6. The molecular weight excluding hydrogens is 294 g/mol. The molecule has 108 valence electrons. The first kappa shape index (κ1) is 14.0. The Kier molecular flexibility index (Phi) is 3.41. The van der Waals surface area contributed by atoms with Crippen LogP contribution < -0.4 is 0 Å². The highest BCUT2D eigenvalue weighted by molar-refractivity contribution is 6.20. The largest absolute Gasteiger partial charge is 0.295 e. The van der Waals surface area contributed by atoms with Gasteiger partial charge in [-0.15, -0.1) is 11.6 Å². The molecule has 1 aromatic heterocycles. The van der Waals surface area contributed by atoms with Gasteiger partial charge in [0.1, 0.15) is 17.5 Å². The van der Waals surface area contributed by atoms with E-state index in [0.717, 1.165) is 0 Å². The summed E-state index contributed by atoms with van der Waals surface area (Å²) in [5, 5.41) is -0.385. The molecule has 2 aromatic carbocycles. The van der Waals surface area contributed by atoms with Gasteiger partial charge in [-0.1, -0.05) is 6.07 Å². The maximum absolute atomic E-state index is 13.7. The Morgan fingerprint density at radius 3 is 2.62 bits per heavy atom. The van der Waals surface area contributed by atoms with Crippen molar-refractivity contribution in [3.8, 4) is 5.69 Å². The minimum absolute atomic E-state index is 0.319. The lowest BCUT2D eigenvalue weighted by atomic mass is 10.2. The normalized spacial score (nSPS) is 12.8. The predicted molar refractivity (Wildman–Crippen MR) is 80.0 cm³/mol. The van der Waals surface area contributed by atoms with E-state index < -0.39 is 0 Å². The van der Waals surface area contributed by atoms with Gasteiger partial charge in [-0.25, -0.2) is 13.8 Å². The van der Waals surface area contributed by atoms with E-state index in [-0.39, 0.29) is 17.0 Å². The van der Waals surface area contributed by atoms with Crippen LogP contribution in [0.2, 0.25) is 0 Å². The quantitative estimate of drug-likeness (QED) is 0.615. The van der Waals surface area contributed by atoms with Crippen LogP contribution in [0, 0.1) is 18.6 Å². The molecule has 0 aliphatic rings. The van der Waals surface area contributed by atoms with Crippen molar-refractivity contribution in [2.45, 2.75) is 19.2 Å². The second-order valence-electron chi connectivity index (χ2n) is 4.99. The van der Waals surface area contributed by atoms with Crippen molar-refractivity contribution in [1.29, 1.82) is 0 Å². The summed E-state index contributed by atoms with van der Waals surface area (Å²) in [4.78, 5) is 4.39. The molecule has 2 nitrogen and oxygen atoms in total. The van der Waals surface area contributed by atoms with E-state index in [0.29, 0.717) is 28.1 Å². The molecule has 5 heteroatoms. The molecular formula is C16H13ClF2N2. The number of benzene rings is 2. The molecule has 0 aliphatic heterocycles. The summed E-state index contributed by atoms with van der Waals surface area (Å²) < 4.78 is 29.0. The van der Waals surface area contributed by atoms with Crippen LogP contribution in [0.4, 0.5) is 8.78 Å². The van der Waals surface area contributed by atoms with E-state index in [1.807, 2.05) is 0 Å². The van der Waals surface area contributed by atoms with Gasteiger partial charge in [-0.3, -0.25) is 4.57 Å². The molecule has 0 amide bonds. The van der Waals surface area contributed by atoms with Crippen molar-refractivity contribution in [3.05, 3.63) is 59.4 Å². The number of fused-ring (bicyclic) bond motifs is 1. The standard InChI is InChI=1S/C16H13ClF2N2/c1-9-6-15-14(8-13(9)19)20-16(10(2)17)21(15)12-5-3-4-11(18)7-12/h3-8,10H,1-2H3. The number of alkyl halides is 1. The minimum Gasteiger partial charge on any atom is -0.295 e. The van der Waals surface area contributed by atoms with Gasteiger partial charge in [-0.2, -0.15) is 0 Å². The van der Waals surface area contributed by atoms with Crippen LogP contribution in [-0.4, -0.2) is 9.55 Å². The van der Waals surface area contributed by atoms with Crippen molar-refractivity contribution in [2.24, 2.45) is 0 Å². The molecule has 0 saturated heterocycles. The van der Waals surface area contributed by atoms with E-state index in [1.165, 1.54) is 18.2 Å². The fraction of sp³-hybridized carbons (Fsp3) is 0.188. The third kappa shape index (κ3) is 2.40. The van der Waals surface area contributed by atoms with Crippen molar-refractivity contribution < 1.29 is 8.78 Å². The first-order valence-electron chi connectivity index (χ1n) is 6.56. The molecule has 1 atom stereocenters. The Bertz CT molecular complexity index is 825. The molecule has 0 aliphatic carbocycles. The molecule has 0 fully saturated rings. The summed E-state index contributed by atoms with van der Waals surface area (Å²) in [5.41, 5.74) is 2.34. The zero-order valence-corrected chi connectivity index (χ0v) is 12.3. The van der Waals surface area contributed by atoms with Gasteiger partial charge in [0.2, 0.25) is 0 Å². The Morgan fingerprint density at radius 2 is 1.95 bits per heavy atom. The minimum atomic E-state index is -0.385. The highest BCUT2D eigenvalue weighted by Crippen LogP contribution is 2.29. The van der Waals surface area contributed by atoms with E-state index in [1.54, 1.807) is 36.6 Å². The van der Waals surface area contributed by atoms with Crippen molar-refractivity contribution in [2.75, 3.05) is 0 Å². The Labute approximate surface area is 126 Å². The lowest BCUT2D eigenvalue weighted by Gasteiger charge is -2.11. The second-order valence-corrected chi connectivity index (χ2v) is 5.65. The molecule has 1 unspecified atom stereocenters. The lowest BCUT2D eigenvalue weighted by molar-refractivity contribution is 0.620. The van der Waals surface area contributed by atoms with E-state index in [9.17, 15) is 8.78 Å². The van der Waals surface area contributed by atoms with Crippen LogP contribution in [0.15, 0.2) is 36.4 Å². The van der Waals surface area contributed by atoms with Crippen LogP contribution in [0.5, 0.6) is 0 Å². The number of nitrogens with zero attached hydrogens (tertiary/aromatic N) is 2. The van der Waals surface area contributed by atoms with Gasteiger partial charge < -0.3 is 0 Å². The Hall–Kier alpha value is -1.94. The second kappa shape index (κ2) is 5.11. The van der Waals surface area contributed by atoms with Gasteiger partial charge >= 0.3 is 0 Å². The molecule has 1 heterocycles. The summed E-state index contributed by atoms with van der Waals surface area (Å²) in [6.45, 7) is 3.46. The number of aryl methyl sites for hydroxylation is 1. The van der Waals surface area contributed by atoms with Crippen molar-refractivity contribution in [3.63, 3.8) is 0 Å². The summed E-state index contributed by atoms with van der Waals surface area (Å²) in [7, 11) is 0. The van der Waals surface area contributed by atoms with E-state index in [2.05, 4.69) is 4.98 Å². The zero-order chi connectivity index (χ0) is 15.1. The van der Waals surface area contributed by atoms with Crippen LogP contribution in [0.1, 0.15) is 23.7 Å². The summed E-state index contributed by atoms with van der Waals surface area (Å²) in [5.74, 6) is -0.108. The van der Waals surface area contributed by atoms with Crippen LogP contribution in [0.25, 0.3) is 16.7 Å². The first-order chi connectivity index (χ1) is 9.97. The molecule has 0 bridgehead atoms. The average molecular weight is 307 g/mol. The van der Waals surface area contributed by atoms with E-state index >= 15 is 0 Å². The molecule has 21 heavy (non-hydrogen) atoms. The number of hydrogen-bond acceptors (Lipinski definition) is 1. The smallest absolute Gasteiger partial charge is 0.132 e. The highest BCUT2D eigenvalue weighted by Gasteiger charge is 2.18. The summed E-state index contributed by atoms with van der Waals surface area (Å²) in [6, 6.07) is 9.25. The molecule has 3 rings (SSSR count). The SMILES string of the molecule is Cc1cc2c(cc1F)nc(C(C)Cl)n2-c1cccc(F)c1. The average Bonchev–Trinajstić information content (AvgIpc) is 2.78. The third-order valence-corrected chi connectivity index (χ3v) is 3.58. The molecule has 0 spiro atoms. The van der Waals surface area contributed by atoms with Crippen LogP contribution in [0.3, 0.4) is 0 Å². The van der Waals surface area contributed by atoms with Gasteiger partial charge in [0.25, 0.3) is 0 Å². The van der Waals surface area contributed by atoms with Crippen molar-refractivity contribution in [1.82, 2.24) is 9.55 Å². The van der Waals surface area contributed by atoms with Gasteiger partial charge in [0.15, 0.2) is 0 Å². The number of imidazole rings is 1. The van der Waals surface area contributed by atoms with Crippen LogP contribution in [-0.2, 0) is 0 Å². The molecule has 0 saturated carbocycles. The number of halogens is 3. The highest BCUT2D eigenvalue weighted by atomic mass is 35.5. The third-order valence-electron chi connectivity index (χ3n) is 3.38. The molecule has 0 radical (unpaired) electrons. The maximum atomic E-state index is 13.7. The van der Waals surface area contributed by atoms with E-state index in [4.69, 9.17) is 11.6 Å². The predicted octanol–water partition coefficient (Wildman–Crippen LogP) is 4.91. The van der Waals surface area contributed by atoms with Crippen molar-refractivity contribution >= 4 is 22.6 Å². The number of aromatic nitrogens is 2. The Balaban J connectivity index is 2.38. The number of rotatable bonds is 2. The fourth-order valence-corrected chi connectivity index (χ4v) is 2.52. The van der Waals surface area contributed by atoms with Gasteiger partial charge in [0.05, 0.1) is 22.1 Å². The summed E-state index contributed by atoms with van der Waals surface area (Å²) >= 11 is 6.18. The molecule has 3 aromatic rings. The van der Waals surface area contributed by atoms with Gasteiger partial charge in [-0.05, 0) is 43.7 Å².